The molecule has 0 rings (SSSR count). The van der Waals surface area contributed by atoms with Crippen molar-refractivity contribution in [2.24, 2.45) is 0 Å². The number of hydrogen-bond acceptors (Lipinski definition) is 3. The van der Waals surface area contributed by atoms with Crippen LogP contribution in [0.1, 0.15) is 13.3 Å². The molecule has 9 heavy (non-hydrogen) atoms. The molecule has 4 nitrogen and oxygen atoms in total. The number of carbonyl (C=O) groups is 1. The fraction of sp³-hybridized carbons (Fsp3) is 0.750. The summed E-state index contributed by atoms with van der Waals surface area (Å²) in [6.45, 7) is 1.51. The first-order valence-electron chi connectivity index (χ1n) is 2.44. The molecular formula is C4H8O4S. The van der Waals surface area contributed by atoms with E-state index in [0.29, 0.717) is 0 Å². The monoisotopic (exact) mass is 152 g/mol. The van der Waals surface area contributed by atoms with E-state index in [1.165, 1.54) is 6.92 Å². The number of aldehydes is 1. The average Bonchev–Trinajstić information content (AvgIpc) is 1.65. The maximum absolute atomic E-state index is 10.1. The van der Waals surface area contributed by atoms with Crippen LogP contribution in [0.15, 0.2) is 0 Å². The first-order valence-corrected chi connectivity index (χ1v) is 3.94. The molecule has 0 aliphatic rings. The third-order valence-electron chi connectivity index (χ3n) is 0.937. The van der Waals surface area contributed by atoms with E-state index in [9.17, 15) is 13.2 Å². The summed E-state index contributed by atoms with van der Waals surface area (Å²) in [6, 6.07) is 0. The Bertz CT molecular complexity index is 181. The summed E-state index contributed by atoms with van der Waals surface area (Å²) < 4.78 is 28.5. The van der Waals surface area contributed by atoms with E-state index < -0.39 is 15.4 Å². The molecule has 1 N–H and O–H groups in total. The Kier molecular flexibility index (Phi) is 2.80. The van der Waals surface area contributed by atoms with Gasteiger partial charge >= 0.3 is 0 Å². The summed E-state index contributed by atoms with van der Waals surface area (Å²) in [7, 11) is -4.13. The van der Waals surface area contributed by atoms with Crippen molar-refractivity contribution in [3.05, 3.63) is 0 Å². The van der Waals surface area contributed by atoms with E-state index in [-0.39, 0.29) is 12.7 Å². The quantitative estimate of drug-likeness (QED) is 0.451. The van der Waals surface area contributed by atoms with Gasteiger partial charge in [0.05, 0.1) is 0 Å². The molecule has 0 heterocycles. The minimum atomic E-state index is -4.13. The molecule has 0 bridgehead atoms. The fourth-order valence-electron chi connectivity index (χ4n) is 0.377. The van der Waals surface area contributed by atoms with Gasteiger partial charge in [0.25, 0.3) is 10.1 Å². The van der Waals surface area contributed by atoms with Gasteiger partial charge in [0.15, 0.2) is 0 Å². The van der Waals surface area contributed by atoms with Gasteiger partial charge in [0, 0.05) is 0 Å². The lowest BCUT2D eigenvalue weighted by atomic mass is 10.4. The predicted molar refractivity (Wildman–Crippen MR) is 31.7 cm³/mol. The topological polar surface area (TPSA) is 71.4 Å². The number of hydrogen-bond donors (Lipinski definition) is 1. The summed E-state index contributed by atoms with van der Waals surface area (Å²) >= 11 is 0. The summed E-state index contributed by atoms with van der Waals surface area (Å²) in [5.74, 6) is 0. The van der Waals surface area contributed by atoms with Crippen LogP contribution in [0, 0.1) is 0 Å². The Hall–Kier alpha value is -0.420. The zero-order chi connectivity index (χ0) is 7.49. The van der Waals surface area contributed by atoms with Crippen LogP contribution in [-0.4, -0.2) is 24.5 Å². The van der Waals surface area contributed by atoms with Crippen molar-refractivity contribution >= 4 is 16.4 Å². The van der Waals surface area contributed by atoms with E-state index in [4.69, 9.17) is 4.55 Å². The SMILES string of the molecule is CCC(C=O)S(=O)(=O)O. The highest BCUT2D eigenvalue weighted by atomic mass is 32.2. The van der Waals surface area contributed by atoms with Crippen LogP contribution >= 0.6 is 0 Å². The summed E-state index contributed by atoms with van der Waals surface area (Å²) in [5, 5.41) is -1.25. The molecule has 0 aliphatic heterocycles. The zero-order valence-corrected chi connectivity index (χ0v) is 5.76. The molecule has 0 aromatic rings. The number of carbonyl (C=O) groups excluding carboxylic acids is 1. The Balaban J connectivity index is 4.32. The largest absolute Gasteiger partial charge is 0.302 e. The van der Waals surface area contributed by atoms with Crippen molar-refractivity contribution < 1.29 is 17.8 Å². The summed E-state index contributed by atoms with van der Waals surface area (Å²) in [6.07, 6.45) is 0.331. The molecule has 0 aromatic heterocycles. The van der Waals surface area contributed by atoms with E-state index in [2.05, 4.69) is 0 Å². The molecule has 1 atom stereocenters. The summed E-state index contributed by atoms with van der Waals surface area (Å²) in [5.41, 5.74) is 0. The van der Waals surface area contributed by atoms with Gasteiger partial charge in [-0.3, -0.25) is 4.55 Å². The van der Waals surface area contributed by atoms with Gasteiger partial charge in [-0.1, -0.05) is 6.92 Å². The molecule has 5 heteroatoms. The highest BCUT2D eigenvalue weighted by molar-refractivity contribution is 7.87. The van der Waals surface area contributed by atoms with Crippen molar-refractivity contribution in [3.8, 4) is 0 Å². The van der Waals surface area contributed by atoms with E-state index in [1.807, 2.05) is 0 Å². The van der Waals surface area contributed by atoms with Crippen molar-refractivity contribution in [1.82, 2.24) is 0 Å². The van der Waals surface area contributed by atoms with Crippen LogP contribution in [0.4, 0.5) is 0 Å². The second-order valence-corrected chi connectivity index (χ2v) is 3.23. The first kappa shape index (κ1) is 8.58. The minimum Gasteiger partial charge on any atom is -0.302 e. The average molecular weight is 152 g/mol. The smallest absolute Gasteiger partial charge is 0.274 e. The molecule has 0 amide bonds. The third kappa shape index (κ3) is 2.57. The van der Waals surface area contributed by atoms with Gasteiger partial charge < -0.3 is 4.79 Å². The maximum Gasteiger partial charge on any atom is 0.274 e. The fourth-order valence-corrected chi connectivity index (χ4v) is 0.939. The Morgan fingerprint density at radius 3 is 2.11 bits per heavy atom. The van der Waals surface area contributed by atoms with Gasteiger partial charge in [0.2, 0.25) is 0 Å². The van der Waals surface area contributed by atoms with Crippen molar-refractivity contribution in [1.29, 1.82) is 0 Å². The minimum absolute atomic E-state index is 0.113. The second-order valence-electron chi connectivity index (χ2n) is 1.60. The van der Waals surface area contributed by atoms with Gasteiger partial charge in [-0.25, -0.2) is 0 Å². The number of rotatable bonds is 3. The Labute approximate surface area is 53.6 Å². The standard InChI is InChI=1S/C4H8O4S/c1-2-4(3-5)9(6,7)8/h3-4H,2H2,1H3,(H,6,7,8). The molecule has 1 unspecified atom stereocenters. The zero-order valence-electron chi connectivity index (χ0n) is 4.94. The molecule has 0 saturated carbocycles. The predicted octanol–water partition coefficient (Wildman–Crippen LogP) is -0.148. The van der Waals surface area contributed by atoms with Gasteiger partial charge in [-0.05, 0) is 6.42 Å². The van der Waals surface area contributed by atoms with Crippen LogP contribution < -0.4 is 0 Å². The normalized spacial score (nSPS) is 14.9. The van der Waals surface area contributed by atoms with Crippen LogP contribution in [0.5, 0.6) is 0 Å². The van der Waals surface area contributed by atoms with E-state index >= 15 is 0 Å². The molecular weight excluding hydrogens is 144 g/mol. The maximum atomic E-state index is 10.1. The highest BCUT2D eigenvalue weighted by Crippen LogP contribution is 1.98. The molecule has 54 valence electrons. The van der Waals surface area contributed by atoms with Crippen molar-refractivity contribution in [2.45, 2.75) is 18.6 Å². The van der Waals surface area contributed by atoms with Gasteiger partial charge in [-0.15, -0.1) is 0 Å². The van der Waals surface area contributed by atoms with Crippen LogP contribution in [0.3, 0.4) is 0 Å². The van der Waals surface area contributed by atoms with E-state index in [0.717, 1.165) is 0 Å². The van der Waals surface area contributed by atoms with Crippen LogP contribution in [-0.2, 0) is 14.9 Å². The Morgan fingerprint density at radius 2 is 2.11 bits per heavy atom. The molecule has 0 spiro atoms. The molecule has 0 fully saturated rings. The third-order valence-corrected chi connectivity index (χ3v) is 2.15. The van der Waals surface area contributed by atoms with Crippen LogP contribution in [0.2, 0.25) is 0 Å². The van der Waals surface area contributed by atoms with Crippen LogP contribution in [0.25, 0.3) is 0 Å². The van der Waals surface area contributed by atoms with Crippen molar-refractivity contribution in [3.63, 3.8) is 0 Å². The second kappa shape index (κ2) is 2.93. The molecule has 0 aromatic carbocycles. The van der Waals surface area contributed by atoms with Crippen molar-refractivity contribution in [2.75, 3.05) is 0 Å². The molecule has 0 aliphatic carbocycles. The first-order chi connectivity index (χ1) is 4.02. The lowest BCUT2D eigenvalue weighted by Crippen LogP contribution is -2.20. The summed E-state index contributed by atoms with van der Waals surface area (Å²) in [4.78, 5) is 9.84. The molecule has 0 radical (unpaired) electrons. The lowest BCUT2D eigenvalue weighted by Gasteiger charge is -1.99. The van der Waals surface area contributed by atoms with Gasteiger partial charge in [0.1, 0.15) is 11.5 Å². The highest BCUT2D eigenvalue weighted by Gasteiger charge is 2.18. The lowest BCUT2D eigenvalue weighted by molar-refractivity contribution is -0.107. The van der Waals surface area contributed by atoms with Gasteiger partial charge in [-0.2, -0.15) is 8.42 Å². The molecule has 0 saturated heterocycles. The Morgan fingerprint density at radius 1 is 1.67 bits per heavy atom. The van der Waals surface area contributed by atoms with E-state index in [1.54, 1.807) is 0 Å².